The first-order chi connectivity index (χ1) is 7.09. The van der Waals surface area contributed by atoms with Crippen molar-refractivity contribution < 1.29 is 9.18 Å². The summed E-state index contributed by atoms with van der Waals surface area (Å²) in [7, 11) is 0. The monoisotopic (exact) mass is 226 g/mol. The molecule has 1 saturated heterocycles. The number of nitrogen functional groups attached to an aromatic ring is 1. The van der Waals surface area contributed by atoms with Crippen LogP contribution in [0.4, 0.5) is 15.8 Å². The van der Waals surface area contributed by atoms with Crippen LogP contribution in [-0.4, -0.2) is 17.7 Å². The summed E-state index contributed by atoms with van der Waals surface area (Å²) in [5, 5.41) is -0.0449. The SMILES string of the molecule is Nc1cccc(F)c1N1CC(S)CC1=O. The number of rotatable bonds is 1. The van der Waals surface area contributed by atoms with Crippen LogP contribution < -0.4 is 10.6 Å². The maximum atomic E-state index is 13.5. The minimum absolute atomic E-state index is 0.0449. The topological polar surface area (TPSA) is 46.3 Å². The summed E-state index contributed by atoms with van der Waals surface area (Å²) < 4.78 is 13.5. The fourth-order valence-electron chi connectivity index (χ4n) is 1.72. The van der Waals surface area contributed by atoms with Crippen molar-refractivity contribution in [1.29, 1.82) is 0 Å². The predicted molar refractivity (Wildman–Crippen MR) is 60.6 cm³/mol. The Morgan fingerprint density at radius 2 is 2.27 bits per heavy atom. The van der Waals surface area contributed by atoms with E-state index in [0.29, 0.717) is 13.0 Å². The van der Waals surface area contributed by atoms with E-state index >= 15 is 0 Å². The molecule has 1 aromatic rings. The Balaban J connectivity index is 2.41. The zero-order chi connectivity index (χ0) is 11.0. The number of carbonyl (C=O) groups excluding carboxylic acids is 1. The van der Waals surface area contributed by atoms with Gasteiger partial charge in [0.1, 0.15) is 11.5 Å². The average Bonchev–Trinajstić information content (AvgIpc) is 2.45. The van der Waals surface area contributed by atoms with Gasteiger partial charge in [-0.1, -0.05) is 6.07 Å². The van der Waals surface area contributed by atoms with Crippen LogP contribution in [0.25, 0.3) is 0 Å². The van der Waals surface area contributed by atoms with E-state index in [1.807, 2.05) is 0 Å². The van der Waals surface area contributed by atoms with Crippen LogP contribution in [0.2, 0.25) is 0 Å². The lowest BCUT2D eigenvalue weighted by atomic mass is 10.2. The van der Waals surface area contributed by atoms with Crippen molar-refractivity contribution in [2.45, 2.75) is 11.7 Å². The number of thiol groups is 1. The van der Waals surface area contributed by atoms with Gasteiger partial charge in [-0.25, -0.2) is 4.39 Å². The Bertz CT molecular complexity index is 390. The molecule has 1 aliphatic rings. The van der Waals surface area contributed by atoms with E-state index in [1.165, 1.54) is 17.0 Å². The molecule has 1 aromatic carbocycles. The van der Waals surface area contributed by atoms with E-state index in [2.05, 4.69) is 12.6 Å². The van der Waals surface area contributed by atoms with Crippen molar-refractivity contribution in [2.75, 3.05) is 17.2 Å². The molecule has 80 valence electrons. The highest BCUT2D eigenvalue weighted by molar-refractivity contribution is 7.81. The third kappa shape index (κ3) is 1.79. The Kier molecular flexibility index (Phi) is 2.56. The molecule has 0 aliphatic carbocycles. The first-order valence-electron chi connectivity index (χ1n) is 4.62. The van der Waals surface area contributed by atoms with Gasteiger partial charge in [0.2, 0.25) is 5.91 Å². The van der Waals surface area contributed by atoms with Crippen molar-refractivity contribution in [1.82, 2.24) is 0 Å². The first-order valence-corrected chi connectivity index (χ1v) is 5.13. The molecule has 1 fully saturated rings. The molecular formula is C10H11FN2OS. The van der Waals surface area contributed by atoms with Crippen molar-refractivity contribution in [3.05, 3.63) is 24.0 Å². The van der Waals surface area contributed by atoms with Crippen LogP contribution in [-0.2, 0) is 4.79 Å². The number of nitrogens with two attached hydrogens (primary N) is 1. The summed E-state index contributed by atoms with van der Waals surface area (Å²) in [6, 6.07) is 4.40. The fourth-order valence-corrected chi connectivity index (χ4v) is 2.04. The summed E-state index contributed by atoms with van der Waals surface area (Å²) in [6.45, 7) is 0.410. The molecule has 5 heteroatoms. The standard InChI is InChI=1S/C10H11FN2OS/c11-7-2-1-3-8(12)10(7)13-5-6(15)4-9(13)14/h1-3,6,15H,4-5,12H2. The first kappa shape index (κ1) is 10.3. The Labute approximate surface area is 92.5 Å². The second kappa shape index (κ2) is 3.73. The van der Waals surface area contributed by atoms with E-state index in [4.69, 9.17) is 5.73 Å². The van der Waals surface area contributed by atoms with Gasteiger partial charge in [-0.2, -0.15) is 12.6 Å². The molecule has 0 saturated carbocycles. The van der Waals surface area contributed by atoms with E-state index in [-0.39, 0.29) is 22.5 Å². The van der Waals surface area contributed by atoms with Crippen molar-refractivity contribution in [2.24, 2.45) is 0 Å². The average molecular weight is 226 g/mol. The molecule has 1 amide bonds. The molecule has 0 radical (unpaired) electrons. The van der Waals surface area contributed by atoms with Crippen molar-refractivity contribution >= 4 is 29.9 Å². The molecular weight excluding hydrogens is 215 g/mol. The second-order valence-corrected chi connectivity index (χ2v) is 4.27. The number of halogens is 1. The lowest BCUT2D eigenvalue weighted by molar-refractivity contribution is -0.117. The van der Waals surface area contributed by atoms with E-state index in [9.17, 15) is 9.18 Å². The lowest BCUT2D eigenvalue weighted by Gasteiger charge is -2.18. The summed E-state index contributed by atoms with van der Waals surface area (Å²) in [5.41, 5.74) is 6.11. The van der Waals surface area contributed by atoms with Crippen molar-refractivity contribution in [3.63, 3.8) is 0 Å². The largest absolute Gasteiger partial charge is 0.397 e. The molecule has 0 spiro atoms. The third-order valence-electron chi connectivity index (χ3n) is 2.39. The summed E-state index contributed by atoms with van der Waals surface area (Å²) in [5.74, 6) is -0.599. The van der Waals surface area contributed by atoms with Gasteiger partial charge in [0.15, 0.2) is 0 Å². The number of nitrogens with zero attached hydrogens (tertiary/aromatic N) is 1. The van der Waals surface area contributed by atoms with Crippen LogP contribution in [0.3, 0.4) is 0 Å². The van der Waals surface area contributed by atoms with E-state index < -0.39 is 5.82 Å². The van der Waals surface area contributed by atoms with Gasteiger partial charge in [-0.05, 0) is 12.1 Å². The molecule has 2 rings (SSSR count). The Hall–Kier alpha value is -1.23. The molecule has 0 aromatic heterocycles. The predicted octanol–water partition coefficient (Wildman–Crippen LogP) is 1.44. The van der Waals surface area contributed by atoms with Crippen LogP contribution in [0, 0.1) is 5.82 Å². The number of hydrogen-bond acceptors (Lipinski definition) is 3. The van der Waals surface area contributed by atoms with E-state index in [0.717, 1.165) is 0 Å². The van der Waals surface area contributed by atoms with Gasteiger partial charge in [0.05, 0.1) is 5.69 Å². The molecule has 1 heterocycles. The van der Waals surface area contributed by atoms with Crippen LogP contribution in [0.5, 0.6) is 0 Å². The fraction of sp³-hybridized carbons (Fsp3) is 0.300. The third-order valence-corrected chi connectivity index (χ3v) is 2.74. The summed E-state index contributed by atoms with van der Waals surface area (Å²) in [4.78, 5) is 12.9. The van der Waals surface area contributed by atoms with Gasteiger partial charge in [0.25, 0.3) is 0 Å². The van der Waals surface area contributed by atoms with Gasteiger partial charge >= 0.3 is 0 Å². The summed E-state index contributed by atoms with van der Waals surface area (Å²) >= 11 is 4.20. The van der Waals surface area contributed by atoms with Crippen LogP contribution in [0.15, 0.2) is 18.2 Å². The number of carbonyl (C=O) groups is 1. The zero-order valence-electron chi connectivity index (χ0n) is 7.98. The molecule has 1 aliphatic heterocycles. The number of hydrogen-bond donors (Lipinski definition) is 2. The van der Waals surface area contributed by atoms with Crippen LogP contribution >= 0.6 is 12.6 Å². The lowest BCUT2D eigenvalue weighted by Crippen LogP contribution is -2.26. The quantitative estimate of drug-likeness (QED) is 0.562. The highest BCUT2D eigenvalue weighted by Crippen LogP contribution is 2.31. The highest BCUT2D eigenvalue weighted by atomic mass is 32.1. The number of anilines is 2. The Morgan fingerprint density at radius 1 is 1.53 bits per heavy atom. The molecule has 3 nitrogen and oxygen atoms in total. The number of amides is 1. The molecule has 15 heavy (non-hydrogen) atoms. The summed E-state index contributed by atoms with van der Waals surface area (Å²) in [6.07, 6.45) is 0.330. The highest BCUT2D eigenvalue weighted by Gasteiger charge is 2.31. The smallest absolute Gasteiger partial charge is 0.228 e. The minimum atomic E-state index is -0.467. The normalized spacial score (nSPS) is 21.1. The van der Waals surface area contributed by atoms with Crippen LogP contribution in [0.1, 0.15) is 6.42 Å². The van der Waals surface area contributed by atoms with Gasteiger partial charge in [-0.3, -0.25) is 4.79 Å². The van der Waals surface area contributed by atoms with E-state index in [1.54, 1.807) is 6.07 Å². The zero-order valence-corrected chi connectivity index (χ0v) is 8.88. The molecule has 1 atom stereocenters. The molecule has 2 N–H and O–H groups in total. The maximum absolute atomic E-state index is 13.5. The minimum Gasteiger partial charge on any atom is -0.397 e. The Morgan fingerprint density at radius 3 is 2.80 bits per heavy atom. The molecule has 0 bridgehead atoms. The van der Waals surface area contributed by atoms with Gasteiger partial charge in [-0.15, -0.1) is 0 Å². The van der Waals surface area contributed by atoms with Gasteiger partial charge < -0.3 is 10.6 Å². The second-order valence-electron chi connectivity index (χ2n) is 3.54. The maximum Gasteiger partial charge on any atom is 0.228 e. The number of para-hydroxylation sites is 1. The van der Waals surface area contributed by atoms with Crippen molar-refractivity contribution in [3.8, 4) is 0 Å². The van der Waals surface area contributed by atoms with Gasteiger partial charge in [0, 0.05) is 18.2 Å². The number of benzene rings is 1. The molecule has 1 unspecified atom stereocenters.